The summed E-state index contributed by atoms with van der Waals surface area (Å²) in [4.78, 5) is 15.0. The lowest BCUT2D eigenvalue weighted by atomic mass is 9.99. The average Bonchev–Trinajstić information content (AvgIpc) is 3.11. The van der Waals surface area contributed by atoms with Gasteiger partial charge in [-0.3, -0.25) is 9.69 Å². The van der Waals surface area contributed by atoms with E-state index in [2.05, 4.69) is 22.3 Å². The molecule has 2 aromatic rings. The number of nitrogens with one attached hydrogen (secondary N) is 1. The maximum atomic E-state index is 12.7. The van der Waals surface area contributed by atoms with Crippen molar-refractivity contribution in [3.05, 3.63) is 60.2 Å². The highest BCUT2D eigenvalue weighted by Crippen LogP contribution is 2.29. The molecule has 26 heavy (non-hydrogen) atoms. The molecule has 0 aliphatic carbocycles. The minimum Gasteiger partial charge on any atom is -0.324 e. The Kier molecular flexibility index (Phi) is 5.44. The number of benzene rings is 2. The molecule has 0 unspecified atom stereocenters. The van der Waals surface area contributed by atoms with Gasteiger partial charge >= 0.3 is 0 Å². The van der Waals surface area contributed by atoms with Crippen molar-refractivity contribution in [2.45, 2.75) is 30.2 Å². The summed E-state index contributed by atoms with van der Waals surface area (Å²) in [6.45, 7) is 3.54. The van der Waals surface area contributed by atoms with Crippen LogP contribution in [0.3, 0.4) is 0 Å². The van der Waals surface area contributed by atoms with E-state index in [1.807, 2.05) is 25.1 Å². The normalized spacial score (nSPS) is 19.2. The zero-order chi connectivity index (χ0) is 18.7. The third-order valence-electron chi connectivity index (χ3n) is 4.96. The Labute approximate surface area is 154 Å². The van der Waals surface area contributed by atoms with Crippen LogP contribution in [0.15, 0.2) is 59.5 Å². The van der Waals surface area contributed by atoms with Crippen LogP contribution in [0.1, 0.15) is 24.8 Å². The number of hydrogen-bond acceptors (Lipinski definition) is 4. The van der Waals surface area contributed by atoms with Gasteiger partial charge in [-0.1, -0.05) is 42.5 Å². The minimum atomic E-state index is -3.40. The molecular weight excluding hydrogens is 348 g/mol. The van der Waals surface area contributed by atoms with Crippen molar-refractivity contribution >= 4 is 21.4 Å². The first kappa shape index (κ1) is 18.6. The molecule has 0 saturated carbocycles. The molecule has 1 fully saturated rings. The van der Waals surface area contributed by atoms with Crippen LogP contribution in [0.4, 0.5) is 5.69 Å². The first-order valence-electron chi connectivity index (χ1n) is 8.75. The van der Waals surface area contributed by atoms with Crippen LogP contribution in [-0.4, -0.2) is 44.6 Å². The highest BCUT2D eigenvalue weighted by atomic mass is 32.2. The van der Waals surface area contributed by atoms with Gasteiger partial charge in [0.15, 0.2) is 9.84 Å². The Balaban J connectivity index is 1.68. The fraction of sp³-hybridized carbons (Fsp3) is 0.350. The van der Waals surface area contributed by atoms with Gasteiger partial charge in [0.1, 0.15) is 0 Å². The number of rotatable bonds is 5. The number of amides is 1. The molecule has 5 nitrogen and oxygen atoms in total. The molecule has 1 heterocycles. The average molecular weight is 372 g/mol. The third-order valence-corrected chi connectivity index (χ3v) is 6.12. The fourth-order valence-corrected chi connectivity index (χ4v) is 4.28. The van der Waals surface area contributed by atoms with E-state index in [4.69, 9.17) is 0 Å². The fourth-order valence-electron chi connectivity index (χ4n) is 3.43. The topological polar surface area (TPSA) is 66.5 Å². The lowest BCUT2D eigenvalue weighted by Crippen LogP contribution is -2.40. The molecular formula is C20H24N2O3S. The van der Waals surface area contributed by atoms with E-state index >= 15 is 0 Å². The van der Waals surface area contributed by atoms with E-state index in [0.29, 0.717) is 11.6 Å². The van der Waals surface area contributed by atoms with Crippen LogP contribution < -0.4 is 5.32 Å². The van der Waals surface area contributed by atoms with Crippen molar-refractivity contribution in [1.29, 1.82) is 0 Å². The van der Waals surface area contributed by atoms with Crippen molar-refractivity contribution in [3.63, 3.8) is 0 Å². The van der Waals surface area contributed by atoms with Crippen molar-refractivity contribution in [2.75, 3.05) is 24.7 Å². The van der Waals surface area contributed by atoms with E-state index in [-0.39, 0.29) is 16.8 Å². The van der Waals surface area contributed by atoms with Crippen molar-refractivity contribution in [3.8, 4) is 0 Å². The lowest BCUT2D eigenvalue weighted by Gasteiger charge is -2.24. The predicted molar refractivity (Wildman–Crippen MR) is 103 cm³/mol. The van der Waals surface area contributed by atoms with E-state index in [1.165, 1.54) is 11.6 Å². The summed E-state index contributed by atoms with van der Waals surface area (Å²) in [6, 6.07) is 16.5. The van der Waals surface area contributed by atoms with Crippen LogP contribution >= 0.6 is 0 Å². The first-order chi connectivity index (χ1) is 12.4. The number of anilines is 1. The Morgan fingerprint density at radius 1 is 1.12 bits per heavy atom. The van der Waals surface area contributed by atoms with Crippen LogP contribution in [0.5, 0.6) is 0 Å². The summed E-state index contributed by atoms with van der Waals surface area (Å²) in [5, 5.41) is 2.79. The first-order valence-corrected chi connectivity index (χ1v) is 10.6. The highest BCUT2D eigenvalue weighted by molar-refractivity contribution is 7.90. The smallest absolute Gasteiger partial charge is 0.241 e. The van der Waals surface area contributed by atoms with Crippen molar-refractivity contribution in [1.82, 2.24) is 4.90 Å². The molecule has 1 aliphatic rings. The van der Waals surface area contributed by atoms with Crippen LogP contribution in [-0.2, 0) is 14.6 Å². The lowest BCUT2D eigenvalue weighted by molar-refractivity contribution is -0.120. The largest absolute Gasteiger partial charge is 0.324 e. The number of sulfone groups is 1. The zero-order valence-electron chi connectivity index (χ0n) is 15.1. The predicted octanol–water partition coefficient (Wildman–Crippen LogP) is 2.91. The summed E-state index contributed by atoms with van der Waals surface area (Å²) in [7, 11) is -3.40. The monoisotopic (exact) mass is 372 g/mol. The molecule has 2 aromatic carbocycles. The van der Waals surface area contributed by atoms with E-state index < -0.39 is 9.84 Å². The second-order valence-corrected chi connectivity index (χ2v) is 8.81. The van der Waals surface area contributed by atoms with Gasteiger partial charge in [-0.15, -0.1) is 0 Å². The van der Waals surface area contributed by atoms with Gasteiger partial charge in [-0.25, -0.2) is 8.42 Å². The van der Waals surface area contributed by atoms with Gasteiger partial charge in [-0.05, 0) is 43.5 Å². The molecule has 3 rings (SSSR count). The Bertz CT molecular complexity index is 881. The molecule has 2 atom stereocenters. The molecule has 0 aromatic heterocycles. The molecule has 1 amide bonds. The summed E-state index contributed by atoms with van der Waals surface area (Å²) in [6.07, 6.45) is 2.16. The SMILES string of the molecule is C[C@@H](C(=O)Nc1ccccc1S(C)(=O)=O)N1CC[C@@H](c2ccccc2)C1. The van der Waals surface area contributed by atoms with E-state index in [0.717, 1.165) is 25.8 Å². The molecule has 138 valence electrons. The molecule has 1 aliphatic heterocycles. The van der Waals surface area contributed by atoms with Gasteiger partial charge < -0.3 is 5.32 Å². The van der Waals surface area contributed by atoms with Crippen molar-refractivity contribution < 1.29 is 13.2 Å². The zero-order valence-corrected chi connectivity index (χ0v) is 15.9. The number of carbonyl (C=O) groups excluding carboxylic acids is 1. The summed E-state index contributed by atoms with van der Waals surface area (Å²) >= 11 is 0. The van der Waals surface area contributed by atoms with Crippen LogP contribution in [0.2, 0.25) is 0 Å². The second kappa shape index (κ2) is 7.60. The number of nitrogens with zero attached hydrogens (tertiary/aromatic N) is 1. The Morgan fingerprint density at radius 3 is 2.46 bits per heavy atom. The number of hydrogen-bond donors (Lipinski definition) is 1. The molecule has 0 spiro atoms. The van der Waals surface area contributed by atoms with E-state index in [9.17, 15) is 13.2 Å². The molecule has 1 N–H and O–H groups in total. The van der Waals surface area contributed by atoms with Gasteiger partial charge in [0.25, 0.3) is 0 Å². The maximum absolute atomic E-state index is 12.7. The molecule has 1 saturated heterocycles. The Morgan fingerprint density at radius 2 is 1.77 bits per heavy atom. The Hall–Kier alpha value is -2.18. The van der Waals surface area contributed by atoms with Crippen molar-refractivity contribution in [2.24, 2.45) is 0 Å². The van der Waals surface area contributed by atoms with Crippen LogP contribution in [0.25, 0.3) is 0 Å². The van der Waals surface area contributed by atoms with Gasteiger partial charge in [-0.2, -0.15) is 0 Å². The van der Waals surface area contributed by atoms with Gasteiger partial charge in [0.2, 0.25) is 5.91 Å². The van der Waals surface area contributed by atoms with Crippen LogP contribution in [0, 0.1) is 0 Å². The second-order valence-electron chi connectivity index (χ2n) is 6.82. The third kappa shape index (κ3) is 4.14. The van der Waals surface area contributed by atoms with E-state index in [1.54, 1.807) is 18.2 Å². The van der Waals surface area contributed by atoms with Gasteiger partial charge in [0, 0.05) is 12.8 Å². The summed E-state index contributed by atoms with van der Waals surface area (Å²) in [5.74, 6) is 0.240. The molecule has 0 radical (unpaired) electrons. The highest BCUT2D eigenvalue weighted by Gasteiger charge is 2.30. The number of likely N-dealkylation sites (tertiary alicyclic amines) is 1. The molecule has 6 heteroatoms. The van der Waals surface area contributed by atoms with Gasteiger partial charge in [0.05, 0.1) is 16.6 Å². The number of carbonyl (C=O) groups is 1. The standard InChI is InChI=1S/C20H24N2O3S/c1-15(22-13-12-17(14-22)16-8-4-3-5-9-16)20(23)21-18-10-6-7-11-19(18)26(2,24)25/h3-11,15,17H,12-14H2,1-2H3,(H,21,23)/t15-,17+/m0/s1. The summed E-state index contributed by atoms with van der Waals surface area (Å²) < 4.78 is 23.8. The summed E-state index contributed by atoms with van der Waals surface area (Å²) in [5.41, 5.74) is 1.63. The minimum absolute atomic E-state index is 0.143. The number of para-hydroxylation sites is 1. The maximum Gasteiger partial charge on any atom is 0.241 e. The molecule has 0 bridgehead atoms. The quantitative estimate of drug-likeness (QED) is 0.876.